The Bertz CT molecular complexity index is 2230. The summed E-state index contributed by atoms with van der Waals surface area (Å²) in [5, 5.41) is 4.70. The van der Waals surface area contributed by atoms with Gasteiger partial charge in [0.25, 0.3) is 0 Å². The quantitative estimate of drug-likeness (QED) is 0.193. The molecule has 6 aromatic carbocycles. The molecule has 0 atom stereocenters. The Morgan fingerprint density at radius 2 is 1.17 bits per heavy atom. The maximum absolute atomic E-state index is 6.57. The van der Waals surface area contributed by atoms with Gasteiger partial charge < -0.3 is 9.32 Å². The van der Waals surface area contributed by atoms with E-state index in [1.165, 1.54) is 76.3 Å². The summed E-state index contributed by atoms with van der Waals surface area (Å²) in [5.41, 5.74) is 10.7. The number of aryl methyl sites for hydroxylation is 1. The van der Waals surface area contributed by atoms with Crippen LogP contribution in [0.2, 0.25) is 0 Å². The molecule has 1 aromatic heterocycles. The molecule has 2 heteroatoms. The molecule has 0 aliphatic heterocycles. The molecule has 2 nitrogen and oxygen atoms in total. The molecule has 1 heterocycles. The molecule has 0 N–H and O–H groups in total. The van der Waals surface area contributed by atoms with Crippen molar-refractivity contribution in [1.29, 1.82) is 0 Å². The third-order valence-corrected chi connectivity index (χ3v) is 11.9. The van der Waals surface area contributed by atoms with Crippen LogP contribution in [-0.2, 0) is 0 Å². The van der Waals surface area contributed by atoms with Crippen LogP contribution in [0.3, 0.4) is 0 Å². The van der Waals surface area contributed by atoms with Gasteiger partial charge in [0.05, 0.1) is 5.69 Å². The van der Waals surface area contributed by atoms with Gasteiger partial charge in [0.1, 0.15) is 11.2 Å². The number of benzene rings is 6. The third-order valence-electron chi connectivity index (χ3n) is 11.9. The van der Waals surface area contributed by atoms with E-state index in [-0.39, 0.29) is 0 Å². The monoisotopic (exact) mass is 609 g/mol. The van der Waals surface area contributed by atoms with Gasteiger partial charge in [0.2, 0.25) is 0 Å². The van der Waals surface area contributed by atoms with Crippen LogP contribution >= 0.6 is 0 Å². The van der Waals surface area contributed by atoms with E-state index in [1.807, 2.05) is 0 Å². The van der Waals surface area contributed by atoms with Crippen molar-refractivity contribution in [2.45, 2.75) is 44.9 Å². The number of rotatable bonds is 5. The minimum Gasteiger partial charge on any atom is -0.455 e. The van der Waals surface area contributed by atoms with Gasteiger partial charge in [-0.15, -0.1) is 0 Å². The van der Waals surface area contributed by atoms with Crippen LogP contribution in [0.25, 0.3) is 43.8 Å². The zero-order valence-electron chi connectivity index (χ0n) is 26.9. The highest BCUT2D eigenvalue weighted by molar-refractivity contribution is 6.20. The van der Waals surface area contributed by atoms with Gasteiger partial charge in [-0.25, -0.2) is 0 Å². The van der Waals surface area contributed by atoms with Crippen molar-refractivity contribution in [2.24, 2.45) is 23.7 Å². The van der Waals surface area contributed by atoms with Crippen molar-refractivity contribution < 1.29 is 4.42 Å². The van der Waals surface area contributed by atoms with Gasteiger partial charge in [-0.3, -0.25) is 0 Å². The van der Waals surface area contributed by atoms with Crippen LogP contribution in [0.5, 0.6) is 0 Å². The van der Waals surface area contributed by atoms with Crippen molar-refractivity contribution in [1.82, 2.24) is 0 Å². The van der Waals surface area contributed by atoms with Crippen LogP contribution in [0.1, 0.15) is 49.1 Å². The Balaban J connectivity index is 1.15. The zero-order valence-corrected chi connectivity index (χ0v) is 26.9. The Morgan fingerprint density at radius 3 is 1.87 bits per heavy atom. The summed E-state index contributed by atoms with van der Waals surface area (Å²) in [6, 6.07) is 47.0. The van der Waals surface area contributed by atoms with Gasteiger partial charge in [0, 0.05) is 32.9 Å². The van der Waals surface area contributed by atoms with E-state index in [1.54, 1.807) is 5.56 Å². The molecule has 0 spiro atoms. The van der Waals surface area contributed by atoms with Gasteiger partial charge in [-0.1, -0.05) is 91.0 Å². The fraction of sp³-hybridized carbons (Fsp3) is 0.244. The number of fused-ring (bicyclic) bond motifs is 5. The van der Waals surface area contributed by atoms with Gasteiger partial charge in [-0.05, 0) is 127 Å². The Kier molecular flexibility index (Phi) is 6.16. The summed E-state index contributed by atoms with van der Waals surface area (Å²) in [7, 11) is 0. The van der Waals surface area contributed by atoms with Crippen LogP contribution in [-0.4, -0.2) is 0 Å². The van der Waals surface area contributed by atoms with Crippen LogP contribution in [0.15, 0.2) is 132 Å². The summed E-state index contributed by atoms with van der Waals surface area (Å²) < 4.78 is 6.57. The fourth-order valence-electron chi connectivity index (χ4n) is 10.2. The minimum atomic E-state index is 0.730. The summed E-state index contributed by atoms with van der Waals surface area (Å²) in [6.45, 7) is 2.19. The molecule has 11 rings (SSSR count). The van der Waals surface area contributed by atoms with Crippen molar-refractivity contribution in [2.75, 3.05) is 4.90 Å². The van der Waals surface area contributed by atoms with Gasteiger partial charge in [0.15, 0.2) is 0 Å². The van der Waals surface area contributed by atoms with Crippen molar-refractivity contribution in [3.05, 3.63) is 139 Å². The van der Waals surface area contributed by atoms with Crippen LogP contribution < -0.4 is 4.90 Å². The first-order chi connectivity index (χ1) is 23.2. The fourth-order valence-corrected chi connectivity index (χ4v) is 10.2. The molecular weight excluding hydrogens is 571 g/mol. The first-order valence-corrected chi connectivity index (χ1v) is 17.6. The first kappa shape index (κ1) is 27.3. The third kappa shape index (κ3) is 4.38. The normalized spacial score (nSPS) is 23.2. The van der Waals surface area contributed by atoms with Crippen LogP contribution in [0.4, 0.5) is 17.1 Å². The second kappa shape index (κ2) is 10.6. The molecule has 0 amide bonds. The molecule has 0 radical (unpaired) electrons. The maximum Gasteiger partial charge on any atom is 0.143 e. The highest BCUT2D eigenvalue weighted by Crippen LogP contribution is 2.60. The molecule has 4 bridgehead atoms. The average Bonchev–Trinajstić information content (AvgIpc) is 3.49. The van der Waals surface area contributed by atoms with Crippen molar-refractivity contribution in [3.63, 3.8) is 0 Å². The standard InChI is InChI=1S/C45H39NO/c1-28-8-7-13-42-43(28)40-27-41(38-11-5-6-12-39(38)45(40)47-42)46(36-18-14-32(15-19-36)31-9-3-2-4-10-31)37-20-16-33(17-21-37)44-34-23-29-22-30(25-34)26-35(44)24-29/h2-21,27,29-30,34-35,44H,22-26H2,1H3. The van der Waals surface area contributed by atoms with Crippen molar-refractivity contribution in [3.8, 4) is 11.1 Å². The number of nitrogens with zero attached hydrogens (tertiary/aromatic N) is 1. The van der Waals surface area contributed by atoms with E-state index in [2.05, 4.69) is 139 Å². The Labute approximate surface area is 276 Å². The Morgan fingerprint density at radius 1 is 0.553 bits per heavy atom. The number of anilines is 3. The molecule has 4 saturated carbocycles. The highest BCUT2D eigenvalue weighted by atomic mass is 16.3. The summed E-state index contributed by atoms with van der Waals surface area (Å²) in [6.07, 6.45) is 7.29. The zero-order chi connectivity index (χ0) is 31.1. The lowest BCUT2D eigenvalue weighted by molar-refractivity contribution is -0.00277. The van der Waals surface area contributed by atoms with E-state index in [0.29, 0.717) is 0 Å². The topological polar surface area (TPSA) is 16.4 Å². The number of hydrogen-bond donors (Lipinski definition) is 0. The number of furan rings is 1. The Hall–Kier alpha value is -4.82. The second-order valence-corrected chi connectivity index (χ2v) is 14.7. The summed E-state index contributed by atoms with van der Waals surface area (Å²) >= 11 is 0. The predicted octanol–water partition coefficient (Wildman–Crippen LogP) is 12.7. The molecule has 0 unspecified atom stereocenters. The first-order valence-electron chi connectivity index (χ1n) is 17.6. The lowest BCUT2D eigenvalue weighted by atomic mass is 9.51. The maximum atomic E-state index is 6.57. The lowest BCUT2D eigenvalue weighted by Gasteiger charge is -2.54. The summed E-state index contributed by atoms with van der Waals surface area (Å²) in [4.78, 5) is 2.47. The van der Waals surface area contributed by atoms with E-state index in [0.717, 1.165) is 51.8 Å². The van der Waals surface area contributed by atoms with E-state index in [4.69, 9.17) is 4.42 Å². The van der Waals surface area contributed by atoms with Crippen molar-refractivity contribution >= 4 is 49.8 Å². The predicted molar refractivity (Wildman–Crippen MR) is 196 cm³/mol. The largest absolute Gasteiger partial charge is 0.455 e. The van der Waals surface area contributed by atoms with E-state index in [9.17, 15) is 0 Å². The van der Waals surface area contributed by atoms with Crippen LogP contribution in [0, 0.1) is 30.6 Å². The molecule has 47 heavy (non-hydrogen) atoms. The second-order valence-electron chi connectivity index (χ2n) is 14.7. The molecule has 7 aromatic rings. The average molecular weight is 610 g/mol. The SMILES string of the molecule is Cc1cccc2oc3c4ccccc4c(N(c4ccc(-c5ccccc5)cc4)c4ccc(C5C6CC7CC(C6)CC5C7)cc4)cc3c12. The molecule has 4 fully saturated rings. The summed E-state index contributed by atoms with van der Waals surface area (Å²) in [5.74, 6) is 4.47. The van der Waals surface area contributed by atoms with Gasteiger partial charge in [-0.2, -0.15) is 0 Å². The molecular formula is C45H39NO. The number of hydrogen-bond acceptors (Lipinski definition) is 2. The highest BCUT2D eigenvalue weighted by Gasteiger charge is 2.48. The lowest BCUT2D eigenvalue weighted by Crippen LogP contribution is -2.43. The van der Waals surface area contributed by atoms with E-state index >= 15 is 0 Å². The minimum absolute atomic E-state index is 0.730. The molecule has 230 valence electrons. The molecule has 4 aliphatic rings. The smallest absolute Gasteiger partial charge is 0.143 e. The molecule has 0 saturated heterocycles. The van der Waals surface area contributed by atoms with E-state index < -0.39 is 0 Å². The molecule has 4 aliphatic carbocycles. The van der Waals surface area contributed by atoms with Gasteiger partial charge >= 0.3 is 0 Å².